The molecule has 0 spiro atoms. The first-order valence-corrected chi connectivity index (χ1v) is 7.69. The number of rotatable bonds is 5. The lowest BCUT2D eigenvalue weighted by molar-refractivity contribution is 0.0932. The van der Waals surface area contributed by atoms with Crippen LogP contribution < -0.4 is 10.6 Å². The molecule has 0 aliphatic heterocycles. The predicted octanol–water partition coefficient (Wildman–Crippen LogP) is 3.48. The van der Waals surface area contributed by atoms with Crippen molar-refractivity contribution < 1.29 is 4.79 Å². The molecular formula is C15H22ClN3O. The minimum Gasteiger partial charge on any atom is -0.370 e. The lowest BCUT2D eigenvalue weighted by Crippen LogP contribution is -2.33. The Balaban J connectivity index is 2.04. The van der Waals surface area contributed by atoms with Crippen LogP contribution in [0, 0.1) is 5.92 Å². The van der Waals surface area contributed by atoms with Gasteiger partial charge < -0.3 is 10.6 Å². The van der Waals surface area contributed by atoms with Crippen LogP contribution in [-0.4, -0.2) is 23.5 Å². The Morgan fingerprint density at radius 1 is 1.45 bits per heavy atom. The van der Waals surface area contributed by atoms with E-state index in [0.717, 1.165) is 25.8 Å². The molecule has 2 N–H and O–H groups in total. The van der Waals surface area contributed by atoms with Gasteiger partial charge in [-0.1, -0.05) is 25.4 Å². The van der Waals surface area contributed by atoms with Gasteiger partial charge in [-0.05, 0) is 43.7 Å². The van der Waals surface area contributed by atoms with Gasteiger partial charge in [0.2, 0.25) is 0 Å². The lowest BCUT2D eigenvalue weighted by atomic mass is 10.1. The maximum absolute atomic E-state index is 12.3. The average Bonchev–Trinajstić information content (AvgIpc) is 2.83. The van der Waals surface area contributed by atoms with Crippen LogP contribution in [0.4, 0.5) is 5.82 Å². The normalized spacial score (nSPS) is 21.8. The van der Waals surface area contributed by atoms with E-state index in [-0.39, 0.29) is 11.9 Å². The molecule has 2 unspecified atom stereocenters. The van der Waals surface area contributed by atoms with Crippen molar-refractivity contribution in [1.29, 1.82) is 0 Å². The number of anilines is 1. The highest BCUT2D eigenvalue weighted by Crippen LogP contribution is 2.25. The van der Waals surface area contributed by atoms with Crippen LogP contribution >= 0.6 is 11.6 Å². The highest BCUT2D eigenvalue weighted by atomic mass is 35.5. The molecule has 1 fully saturated rings. The summed E-state index contributed by atoms with van der Waals surface area (Å²) in [6.45, 7) is 5.13. The molecule has 110 valence electrons. The average molecular weight is 296 g/mol. The summed E-state index contributed by atoms with van der Waals surface area (Å²) in [4.78, 5) is 16.6. The van der Waals surface area contributed by atoms with E-state index < -0.39 is 0 Å². The minimum absolute atomic E-state index is 0.172. The monoisotopic (exact) mass is 295 g/mol. The van der Waals surface area contributed by atoms with Crippen molar-refractivity contribution in [3.63, 3.8) is 0 Å². The van der Waals surface area contributed by atoms with E-state index in [1.807, 2.05) is 0 Å². The van der Waals surface area contributed by atoms with E-state index in [0.29, 0.717) is 22.5 Å². The van der Waals surface area contributed by atoms with Gasteiger partial charge in [0.25, 0.3) is 5.91 Å². The van der Waals surface area contributed by atoms with Crippen LogP contribution in [0.5, 0.6) is 0 Å². The predicted molar refractivity (Wildman–Crippen MR) is 82.3 cm³/mol. The van der Waals surface area contributed by atoms with Gasteiger partial charge in [-0.2, -0.15) is 0 Å². The number of halogens is 1. The molecule has 1 aromatic rings. The third-order valence-corrected chi connectivity index (χ3v) is 3.95. The molecule has 2 rings (SSSR count). The first kappa shape index (κ1) is 15.1. The Morgan fingerprint density at radius 2 is 2.25 bits per heavy atom. The minimum atomic E-state index is -0.172. The summed E-state index contributed by atoms with van der Waals surface area (Å²) in [7, 11) is 0. The number of nitrogens with one attached hydrogen (secondary N) is 2. The Bertz CT molecular complexity index is 478. The topological polar surface area (TPSA) is 54.0 Å². The summed E-state index contributed by atoms with van der Waals surface area (Å²) in [6.07, 6.45) is 4.26. The molecule has 1 amide bonds. The molecule has 0 aromatic carbocycles. The third-order valence-electron chi connectivity index (χ3n) is 3.65. The van der Waals surface area contributed by atoms with Crippen molar-refractivity contribution in [3.05, 3.63) is 22.8 Å². The Hall–Kier alpha value is -1.29. The highest BCUT2D eigenvalue weighted by molar-refractivity contribution is 6.33. The van der Waals surface area contributed by atoms with Crippen molar-refractivity contribution in [2.75, 3.05) is 11.9 Å². The number of aromatic nitrogens is 1. The molecule has 1 saturated carbocycles. The fourth-order valence-corrected chi connectivity index (χ4v) is 2.74. The van der Waals surface area contributed by atoms with Crippen LogP contribution in [0.3, 0.4) is 0 Å². The molecule has 1 aromatic heterocycles. The second-order valence-electron chi connectivity index (χ2n) is 5.54. The van der Waals surface area contributed by atoms with E-state index in [1.165, 1.54) is 6.42 Å². The van der Waals surface area contributed by atoms with Crippen LogP contribution in [-0.2, 0) is 0 Å². The first-order chi connectivity index (χ1) is 9.60. The summed E-state index contributed by atoms with van der Waals surface area (Å²) in [5.41, 5.74) is 0.312. The summed E-state index contributed by atoms with van der Waals surface area (Å²) >= 11 is 6.09. The Kier molecular flexibility index (Phi) is 5.24. The summed E-state index contributed by atoms with van der Waals surface area (Å²) in [5, 5.41) is 6.60. The van der Waals surface area contributed by atoms with Crippen LogP contribution in [0.15, 0.2) is 12.1 Å². The van der Waals surface area contributed by atoms with Crippen LogP contribution in [0.1, 0.15) is 50.0 Å². The number of carbonyl (C=O) groups is 1. The standard InChI is InChI=1S/C15H22ClN3O/c1-3-8-17-13-7-6-12(16)14(19-13)15(20)18-11-5-4-10(2)9-11/h6-7,10-11H,3-5,8-9H2,1-2H3,(H,17,19)(H,18,20). The van der Waals surface area contributed by atoms with E-state index >= 15 is 0 Å². The molecule has 20 heavy (non-hydrogen) atoms. The number of pyridine rings is 1. The zero-order chi connectivity index (χ0) is 14.5. The maximum Gasteiger partial charge on any atom is 0.271 e. The van der Waals surface area contributed by atoms with Crippen LogP contribution in [0.25, 0.3) is 0 Å². The SMILES string of the molecule is CCCNc1ccc(Cl)c(C(=O)NC2CCC(C)C2)n1. The lowest BCUT2D eigenvalue weighted by Gasteiger charge is -2.13. The molecule has 0 bridgehead atoms. The van der Waals surface area contributed by atoms with Crippen molar-refractivity contribution in [3.8, 4) is 0 Å². The van der Waals surface area contributed by atoms with E-state index in [4.69, 9.17) is 11.6 Å². The molecule has 4 nitrogen and oxygen atoms in total. The van der Waals surface area contributed by atoms with Gasteiger partial charge in [0.15, 0.2) is 0 Å². The zero-order valence-corrected chi connectivity index (χ0v) is 12.8. The van der Waals surface area contributed by atoms with E-state index in [2.05, 4.69) is 29.5 Å². The number of carbonyl (C=O) groups excluding carboxylic acids is 1. The maximum atomic E-state index is 12.3. The molecule has 1 aliphatic carbocycles. The fourth-order valence-electron chi connectivity index (χ4n) is 2.54. The molecule has 2 atom stereocenters. The molecule has 1 aliphatic rings. The summed E-state index contributed by atoms with van der Waals surface area (Å²) in [5.74, 6) is 1.21. The number of hydrogen-bond donors (Lipinski definition) is 2. The Morgan fingerprint density at radius 3 is 2.90 bits per heavy atom. The number of hydrogen-bond acceptors (Lipinski definition) is 3. The molecule has 0 saturated heterocycles. The zero-order valence-electron chi connectivity index (χ0n) is 12.1. The second-order valence-corrected chi connectivity index (χ2v) is 5.95. The van der Waals surface area contributed by atoms with Gasteiger partial charge in [0.1, 0.15) is 11.5 Å². The number of amides is 1. The molecular weight excluding hydrogens is 274 g/mol. The largest absolute Gasteiger partial charge is 0.370 e. The van der Waals surface area contributed by atoms with E-state index in [1.54, 1.807) is 12.1 Å². The second kappa shape index (κ2) is 6.93. The quantitative estimate of drug-likeness (QED) is 0.874. The van der Waals surface area contributed by atoms with Gasteiger partial charge >= 0.3 is 0 Å². The third kappa shape index (κ3) is 3.85. The van der Waals surface area contributed by atoms with Crippen molar-refractivity contribution in [2.24, 2.45) is 5.92 Å². The van der Waals surface area contributed by atoms with Crippen molar-refractivity contribution in [1.82, 2.24) is 10.3 Å². The fraction of sp³-hybridized carbons (Fsp3) is 0.600. The smallest absolute Gasteiger partial charge is 0.271 e. The van der Waals surface area contributed by atoms with Gasteiger partial charge in [0, 0.05) is 12.6 Å². The first-order valence-electron chi connectivity index (χ1n) is 7.31. The summed E-state index contributed by atoms with van der Waals surface area (Å²) in [6, 6.07) is 3.77. The Labute approximate surface area is 125 Å². The van der Waals surface area contributed by atoms with Crippen molar-refractivity contribution in [2.45, 2.75) is 45.6 Å². The molecule has 5 heteroatoms. The number of nitrogens with zero attached hydrogens (tertiary/aromatic N) is 1. The van der Waals surface area contributed by atoms with Crippen LogP contribution in [0.2, 0.25) is 5.02 Å². The van der Waals surface area contributed by atoms with Gasteiger partial charge in [-0.25, -0.2) is 4.98 Å². The highest BCUT2D eigenvalue weighted by Gasteiger charge is 2.24. The molecule has 0 radical (unpaired) electrons. The van der Waals surface area contributed by atoms with Gasteiger partial charge in [-0.3, -0.25) is 4.79 Å². The van der Waals surface area contributed by atoms with E-state index in [9.17, 15) is 4.79 Å². The van der Waals surface area contributed by atoms with Gasteiger partial charge in [-0.15, -0.1) is 0 Å². The summed E-state index contributed by atoms with van der Waals surface area (Å²) < 4.78 is 0. The molecule has 1 heterocycles. The van der Waals surface area contributed by atoms with Crippen molar-refractivity contribution >= 4 is 23.3 Å². The van der Waals surface area contributed by atoms with Gasteiger partial charge in [0.05, 0.1) is 5.02 Å².